The van der Waals surface area contributed by atoms with Crippen molar-refractivity contribution in [1.82, 2.24) is 9.88 Å². The van der Waals surface area contributed by atoms with Crippen molar-refractivity contribution >= 4 is 5.97 Å². The number of aryl methyl sites for hydroxylation is 1. The Morgan fingerprint density at radius 3 is 2.65 bits per heavy atom. The molecule has 1 N–H and O–H groups in total. The van der Waals surface area contributed by atoms with Crippen molar-refractivity contribution in [1.29, 1.82) is 0 Å². The molecule has 4 heteroatoms. The SMILES string of the molecule is CCc1ccc(CN2CCC(C(=O)O)(c3ccccc3)C2)nc1. The van der Waals surface area contributed by atoms with Gasteiger partial charge in [0.2, 0.25) is 0 Å². The lowest BCUT2D eigenvalue weighted by atomic mass is 9.80. The second-order valence-electron chi connectivity index (χ2n) is 6.23. The zero-order chi connectivity index (χ0) is 16.3. The topological polar surface area (TPSA) is 53.4 Å². The predicted octanol–water partition coefficient (Wildman–Crippen LogP) is 2.87. The Balaban J connectivity index is 1.76. The van der Waals surface area contributed by atoms with Crippen LogP contribution in [0, 0.1) is 0 Å². The molecule has 2 heterocycles. The molecule has 0 bridgehead atoms. The smallest absolute Gasteiger partial charge is 0.315 e. The van der Waals surface area contributed by atoms with Gasteiger partial charge in [-0.1, -0.05) is 43.3 Å². The Kier molecular flexibility index (Phi) is 4.44. The molecule has 0 amide bonds. The van der Waals surface area contributed by atoms with Gasteiger partial charge in [0, 0.05) is 25.8 Å². The van der Waals surface area contributed by atoms with Gasteiger partial charge in [0.25, 0.3) is 0 Å². The summed E-state index contributed by atoms with van der Waals surface area (Å²) in [4.78, 5) is 18.6. The Labute approximate surface area is 136 Å². The van der Waals surface area contributed by atoms with Crippen LogP contribution in [0.2, 0.25) is 0 Å². The summed E-state index contributed by atoms with van der Waals surface area (Å²) < 4.78 is 0. The molecule has 1 unspecified atom stereocenters. The van der Waals surface area contributed by atoms with Gasteiger partial charge in [0.1, 0.15) is 5.41 Å². The maximum absolute atomic E-state index is 12.0. The lowest BCUT2D eigenvalue weighted by molar-refractivity contribution is -0.143. The molecular weight excluding hydrogens is 288 g/mol. The quantitative estimate of drug-likeness (QED) is 0.922. The van der Waals surface area contributed by atoms with Gasteiger partial charge in [-0.25, -0.2) is 0 Å². The van der Waals surface area contributed by atoms with Crippen LogP contribution < -0.4 is 0 Å². The van der Waals surface area contributed by atoms with E-state index >= 15 is 0 Å². The first-order valence-electron chi connectivity index (χ1n) is 8.09. The van der Waals surface area contributed by atoms with Crippen LogP contribution in [0.25, 0.3) is 0 Å². The molecule has 0 saturated carbocycles. The Hall–Kier alpha value is -2.20. The van der Waals surface area contributed by atoms with Crippen LogP contribution in [0.15, 0.2) is 48.7 Å². The van der Waals surface area contributed by atoms with Gasteiger partial charge >= 0.3 is 5.97 Å². The summed E-state index contributed by atoms with van der Waals surface area (Å²) in [7, 11) is 0. The van der Waals surface area contributed by atoms with Crippen molar-refractivity contribution in [2.75, 3.05) is 13.1 Å². The van der Waals surface area contributed by atoms with Crippen molar-refractivity contribution < 1.29 is 9.90 Å². The van der Waals surface area contributed by atoms with E-state index < -0.39 is 11.4 Å². The van der Waals surface area contributed by atoms with Crippen LogP contribution in [-0.2, 0) is 23.2 Å². The van der Waals surface area contributed by atoms with E-state index in [1.807, 2.05) is 42.6 Å². The van der Waals surface area contributed by atoms with Gasteiger partial charge in [-0.3, -0.25) is 14.7 Å². The zero-order valence-electron chi connectivity index (χ0n) is 13.4. The summed E-state index contributed by atoms with van der Waals surface area (Å²) in [5.41, 5.74) is 2.31. The summed E-state index contributed by atoms with van der Waals surface area (Å²) in [5.74, 6) is -0.736. The second-order valence-corrected chi connectivity index (χ2v) is 6.23. The van der Waals surface area contributed by atoms with Crippen LogP contribution in [0.1, 0.15) is 30.2 Å². The predicted molar refractivity (Wildman–Crippen MR) is 89.3 cm³/mol. The van der Waals surface area contributed by atoms with Crippen LogP contribution >= 0.6 is 0 Å². The molecule has 3 rings (SSSR count). The first-order valence-corrected chi connectivity index (χ1v) is 8.09. The number of likely N-dealkylation sites (tertiary alicyclic amines) is 1. The lowest BCUT2D eigenvalue weighted by Crippen LogP contribution is -2.38. The van der Waals surface area contributed by atoms with Gasteiger partial charge < -0.3 is 5.11 Å². The van der Waals surface area contributed by atoms with Crippen molar-refractivity contribution in [3.63, 3.8) is 0 Å². The molecule has 23 heavy (non-hydrogen) atoms. The Morgan fingerprint density at radius 1 is 1.26 bits per heavy atom. The maximum Gasteiger partial charge on any atom is 0.315 e. The molecule has 1 aliphatic heterocycles. The number of benzene rings is 1. The number of hydrogen-bond acceptors (Lipinski definition) is 3. The lowest BCUT2D eigenvalue weighted by Gasteiger charge is -2.25. The molecule has 2 aromatic rings. The minimum Gasteiger partial charge on any atom is -0.481 e. The van der Waals surface area contributed by atoms with Gasteiger partial charge in [-0.05, 0) is 30.0 Å². The summed E-state index contributed by atoms with van der Waals surface area (Å²) in [6.45, 7) is 4.12. The monoisotopic (exact) mass is 310 g/mol. The fraction of sp³-hybridized carbons (Fsp3) is 0.368. The summed E-state index contributed by atoms with van der Waals surface area (Å²) in [5, 5.41) is 9.83. The molecule has 0 radical (unpaired) electrons. The van der Waals surface area contributed by atoms with E-state index in [0.29, 0.717) is 19.5 Å². The minimum atomic E-state index is -0.801. The standard InChI is InChI=1S/C19H22N2O2/c1-2-15-8-9-17(20-12-15)13-21-11-10-19(14-21,18(22)23)16-6-4-3-5-7-16/h3-9,12H,2,10-11,13-14H2,1H3,(H,22,23). The third-order valence-electron chi connectivity index (χ3n) is 4.76. The van der Waals surface area contributed by atoms with E-state index in [1.165, 1.54) is 5.56 Å². The van der Waals surface area contributed by atoms with Gasteiger partial charge in [-0.15, -0.1) is 0 Å². The van der Waals surface area contributed by atoms with E-state index in [4.69, 9.17) is 0 Å². The zero-order valence-corrected chi connectivity index (χ0v) is 13.4. The van der Waals surface area contributed by atoms with E-state index in [9.17, 15) is 9.90 Å². The van der Waals surface area contributed by atoms with Crippen LogP contribution in [0.3, 0.4) is 0 Å². The number of pyridine rings is 1. The number of nitrogens with zero attached hydrogens (tertiary/aromatic N) is 2. The first-order chi connectivity index (χ1) is 11.1. The van der Waals surface area contributed by atoms with Crippen molar-refractivity contribution in [2.45, 2.75) is 31.7 Å². The number of rotatable bonds is 5. The third-order valence-corrected chi connectivity index (χ3v) is 4.76. The minimum absolute atomic E-state index is 0.531. The molecule has 1 aromatic heterocycles. The van der Waals surface area contributed by atoms with Gasteiger partial charge in [0.15, 0.2) is 0 Å². The Morgan fingerprint density at radius 2 is 2.04 bits per heavy atom. The number of aliphatic carboxylic acids is 1. The molecule has 0 spiro atoms. The molecule has 1 atom stereocenters. The van der Waals surface area contributed by atoms with Crippen molar-refractivity contribution in [3.05, 3.63) is 65.5 Å². The van der Waals surface area contributed by atoms with E-state index in [-0.39, 0.29) is 0 Å². The van der Waals surface area contributed by atoms with Crippen molar-refractivity contribution in [2.24, 2.45) is 0 Å². The highest BCUT2D eigenvalue weighted by Crippen LogP contribution is 2.35. The number of carboxylic acids is 1. The summed E-state index contributed by atoms with van der Waals surface area (Å²) in [6, 6.07) is 13.7. The maximum atomic E-state index is 12.0. The highest BCUT2D eigenvalue weighted by molar-refractivity contribution is 5.82. The van der Waals surface area contributed by atoms with E-state index in [1.54, 1.807) is 0 Å². The highest BCUT2D eigenvalue weighted by Gasteiger charge is 2.46. The molecule has 1 aromatic carbocycles. The van der Waals surface area contributed by atoms with Crippen LogP contribution in [0.4, 0.5) is 0 Å². The summed E-state index contributed by atoms with van der Waals surface area (Å²) in [6.07, 6.45) is 3.53. The summed E-state index contributed by atoms with van der Waals surface area (Å²) >= 11 is 0. The fourth-order valence-corrected chi connectivity index (χ4v) is 3.30. The molecule has 1 aliphatic rings. The average Bonchev–Trinajstić information content (AvgIpc) is 3.02. The molecule has 120 valence electrons. The number of carbonyl (C=O) groups is 1. The number of carboxylic acid groups (broad SMARTS) is 1. The van der Waals surface area contributed by atoms with E-state index in [2.05, 4.69) is 22.9 Å². The fourth-order valence-electron chi connectivity index (χ4n) is 3.30. The third kappa shape index (κ3) is 3.13. The molecule has 1 fully saturated rings. The first kappa shape index (κ1) is 15.7. The van der Waals surface area contributed by atoms with E-state index in [0.717, 1.165) is 24.2 Å². The van der Waals surface area contributed by atoms with Crippen LogP contribution in [0.5, 0.6) is 0 Å². The number of hydrogen-bond donors (Lipinski definition) is 1. The highest BCUT2D eigenvalue weighted by atomic mass is 16.4. The largest absolute Gasteiger partial charge is 0.481 e. The molecule has 4 nitrogen and oxygen atoms in total. The molecule has 1 saturated heterocycles. The normalized spacial score (nSPS) is 21.4. The molecular formula is C19H22N2O2. The van der Waals surface area contributed by atoms with Crippen LogP contribution in [-0.4, -0.2) is 34.0 Å². The molecule has 0 aliphatic carbocycles. The van der Waals surface area contributed by atoms with Gasteiger partial charge in [0.05, 0.1) is 5.69 Å². The second kappa shape index (κ2) is 6.50. The average molecular weight is 310 g/mol. The number of aromatic nitrogens is 1. The van der Waals surface area contributed by atoms with Gasteiger partial charge in [-0.2, -0.15) is 0 Å². The Bertz CT molecular complexity index is 670. The van der Waals surface area contributed by atoms with Crippen molar-refractivity contribution in [3.8, 4) is 0 Å².